The molecule has 0 bridgehead atoms. The van der Waals surface area contributed by atoms with Crippen molar-refractivity contribution in [2.24, 2.45) is 9.98 Å². The van der Waals surface area contributed by atoms with Crippen molar-refractivity contribution in [1.82, 2.24) is 69.0 Å². The molecule has 0 radical (unpaired) electrons. The molecule has 134 heavy (non-hydrogen) atoms. The van der Waals surface area contributed by atoms with E-state index >= 15 is 0 Å². The average molecular weight is 2220 g/mol. The van der Waals surface area contributed by atoms with Crippen molar-refractivity contribution in [3.63, 3.8) is 0 Å². The Morgan fingerprint density at radius 3 is 1.12 bits per heavy atom. The van der Waals surface area contributed by atoms with Crippen molar-refractivity contribution >= 4 is 146 Å². The zero-order valence-electron chi connectivity index (χ0n) is 79.0. The van der Waals surface area contributed by atoms with Gasteiger partial charge in [-0.1, -0.05) is 110 Å². The highest BCUT2D eigenvalue weighted by molar-refractivity contribution is 9.12. The van der Waals surface area contributed by atoms with Crippen LogP contribution in [0.3, 0.4) is 0 Å². The normalized spacial score (nSPS) is 13.0. The van der Waals surface area contributed by atoms with Crippen molar-refractivity contribution in [1.29, 1.82) is 0 Å². The monoisotopic (exact) mass is 2210 g/mol. The summed E-state index contributed by atoms with van der Waals surface area (Å²) in [5.41, 5.74) is 11.0. The van der Waals surface area contributed by atoms with Gasteiger partial charge < -0.3 is 23.7 Å². The second-order valence-corrected chi connectivity index (χ2v) is 71.1. The Kier molecular flexibility index (Phi) is 51.4. The van der Waals surface area contributed by atoms with E-state index in [-0.39, 0.29) is 19.3 Å². The molecule has 12 heterocycles. The maximum Gasteiger partial charge on any atom is 0.389 e. The number of hydrogen-bond acceptors (Lipinski definition) is 20. The predicted molar refractivity (Wildman–Crippen MR) is 555 cm³/mol. The number of nitrogens with zero attached hydrogens (tertiary/aromatic N) is 16. The standard InChI is InChI=1S/2C18H26F3N3OSSi.2C14H20BrN3OSi.C13H13F3N2S.C9H7BrN2.C6H15ClOSi/c1-27(2,3)11-9-25-14-24-13-16(26-10-5-7-18(19,20)21)17(23-24)15-6-4-8-22-12-15;1-27(2,3)11-9-25-14-24-17(15-6-4-8-22-12-15)16(13-23-24)26-10-5-7-18(19,20)21;1-20(2,3)8-7-19-11-18-10-13(15)14(17-18)12-5-4-6-16-9-12;1-20(2,3)8-7-19-11-18-14(13(15)10-17-18)12-5-4-6-16-9-12;14-13(15,16)5-2-8-19-11-4-7-18-12(11)10-3-1-6-17-9-10;10-8-3-5-12-9(8)7-2-1-4-11-6-7;1-9(2,3)5-4-8-6-7/h2*4,6,8,12-13H,5,7,9-11,14H2,1-3H3;2*4-6,9-10H,7-8,11H2,1-3H3;1,3-4,6,9H,2,5,7-8H2;1-4,6H,5H2;4-6H2,1-3H3. The fourth-order valence-corrected chi connectivity index (χ4v) is 19.8. The summed E-state index contributed by atoms with van der Waals surface area (Å²) >= 11 is 20.0. The van der Waals surface area contributed by atoms with E-state index in [4.69, 9.17) is 35.3 Å². The van der Waals surface area contributed by atoms with Crippen LogP contribution in [0.4, 0.5) is 39.5 Å². The molecule has 0 spiro atoms. The molecular weight excluding hydrogens is 2090 g/mol. The van der Waals surface area contributed by atoms with Crippen LogP contribution >= 0.6 is 94.7 Å². The molecule has 0 fully saturated rings. The summed E-state index contributed by atoms with van der Waals surface area (Å²) in [5.74, 6) is 1.22. The van der Waals surface area contributed by atoms with Crippen molar-refractivity contribution in [2.75, 3.05) is 69.4 Å². The fourth-order valence-electron chi connectivity index (χ4n) is 11.4. The largest absolute Gasteiger partial charge is 0.389 e. The highest BCUT2D eigenvalue weighted by atomic mass is 79.9. The van der Waals surface area contributed by atoms with Crippen LogP contribution < -0.4 is 0 Å². The first-order chi connectivity index (χ1) is 63.2. The van der Waals surface area contributed by atoms with Crippen LogP contribution in [0.25, 0.3) is 45.0 Å². The molecule has 42 heteroatoms. The van der Waals surface area contributed by atoms with Gasteiger partial charge in [-0.05, 0) is 199 Å². The summed E-state index contributed by atoms with van der Waals surface area (Å²) in [5, 5.41) is 17.8. The molecular formula is C92H127Br3ClF9N16O5S3Si5. The third kappa shape index (κ3) is 49.9. The van der Waals surface area contributed by atoms with E-state index < -0.39 is 78.2 Å². The van der Waals surface area contributed by atoms with Crippen LogP contribution in [0.1, 0.15) is 49.7 Å². The van der Waals surface area contributed by atoms with Gasteiger partial charge in [0.15, 0.2) is 0 Å². The van der Waals surface area contributed by atoms with Crippen LogP contribution in [0, 0.1) is 0 Å². The number of rotatable bonds is 42. The molecule has 2 aliphatic heterocycles. The molecule has 10 aromatic heterocycles. The molecule has 0 saturated carbocycles. The summed E-state index contributed by atoms with van der Waals surface area (Å²) in [6, 6.07) is 29.0. The molecule has 0 aliphatic carbocycles. The van der Waals surface area contributed by atoms with Gasteiger partial charge >= 0.3 is 18.5 Å². The predicted octanol–water partition coefficient (Wildman–Crippen LogP) is 28.0. The SMILES string of the molecule is BrC1=CCN=C1c1cccnc1.C[Si](C)(C)CCOCCl.C[Si](C)(C)CCOCn1cc(Br)c(-c2cccnc2)n1.C[Si](C)(C)CCOCn1cc(SCCCC(F)(F)F)c(-c2cccnc2)n1.C[Si](C)(C)CCOCn1ncc(Br)c1-c1cccnc1.C[Si](C)(C)CCOCn1ncc(SCCCC(F)(F)F)c1-c1cccnc1.FC(F)(F)CCCSC1=CCN=C1c1cccnc1. The van der Waals surface area contributed by atoms with Gasteiger partial charge in [0.25, 0.3) is 0 Å². The summed E-state index contributed by atoms with van der Waals surface area (Å²) in [7, 11) is -5.26. The minimum Gasteiger partial charge on any atom is -0.366 e. The maximum absolute atomic E-state index is 12.3. The van der Waals surface area contributed by atoms with Gasteiger partial charge in [-0.25, -0.2) is 18.7 Å². The Morgan fingerprint density at radius 1 is 0.373 bits per heavy atom. The smallest absolute Gasteiger partial charge is 0.366 e. The van der Waals surface area contributed by atoms with Crippen LogP contribution in [-0.4, -0.2) is 209 Å². The number of pyridine rings is 6. The Labute approximate surface area is 832 Å². The topological polar surface area (TPSA) is 219 Å². The summed E-state index contributed by atoms with van der Waals surface area (Å²) in [4.78, 5) is 35.9. The third-order valence-corrected chi connectivity index (χ3v) is 32.6. The fraction of sp³-hybridized carbons (Fsp3) is 0.478. The minimum atomic E-state index is -4.11. The van der Waals surface area contributed by atoms with Gasteiger partial charge in [-0.15, -0.1) is 35.3 Å². The van der Waals surface area contributed by atoms with Crippen LogP contribution in [0.15, 0.2) is 222 Å². The maximum atomic E-state index is 12.3. The molecule has 0 amide bonds. The molecule has 0 N–H and O–H groups in total. The number of aromatic nitrogens is 14. The van der Waals surface area contributed by atoms with Gasteiger partial charge in [0.05, 0.1) is 67.0 Å². The van der Waals surface area contributed by atoms with E-state index in [0.717, 1.165) is 140 Å². The summed E-state index contributed by atoms with van der Waals surface area (Å²) < 4.78 is 148. The number of aliphatic imine (C=N–C) groups is 2. The van der Waals surface area contributed by atoms with Gasteiger partial charge in [-0.2, -0.15) is 59.9 Å². The van der Waals surface area contributed by atoms with E-state index in [1.54, 1.807) is 77.5 Å². The number of ether oxygens (including phenoxy) is 5. The second-order valence-electron chi connectivity index (χ2n) is 36.8. The van der Waals surface area contributed by atoms with Gasteiger partial charge in [0.2, 0.25) is 0 Å². The second kappa shape index (κ2) is 59.2. The molecule has 0 aromatic carbocycles. The molecule has 21 nitrogen and oxygen atoms in total. The molecule has 10 aromatic rings. The lowest BCUT2D eigenvalue weighted by Gasteiger charge is -2.16. The van der Waals surface area contributed by atoms with Gasteiger partial charge in [0, 0.05) is 222 Å². The first-order valence-electron chi connectivity index (χ1n) is 43.9. The van der Waals surface area contributed by atoms with E-state index in [1.165, 1.54) is 47.4 Å². The first-order valence-corrected chi connectivity index (χ1v) is 68.3. The summed E-state index contributed by atoms with van der Waals surface area (Å²) in [6.07, 6.45) is 18.0. The van der Waals surface area contributed by atoms with Crippen LogP contribution in [0.5, 0.6) is 0 Å². The average Bonchev–Trinajstić information content (AvgIpc) is 1.65. The Balaban J connectivity index is 0.000000245. The highest BCUT2D eigenvalue weighted by Gasteiger charge is 2.30. The lowest BCUT2D eigenvalue weighted by molar-refractivity contribution is -0.135. The number of thioether (sulfide) groups is 3. The van der Waals surface area contributed by atoms with Crippen molar-refractivity contribution in [3.8, 4) is 45.0 Å². The third-order valence-electron chi connectivity index (χ3n) is 18.7. The lowest BCUT2D eigenvalue weighted by Crippen LogP contribution is -2.22. The lowest BCUT2D eigenvalue weighted by atomic mass is 10.2. The van der Waals surface area contributed by atoms with E-state index in [0.29, 0.717) is 70.0 Å². The molecule has 2 aliphatic rings. The van der Waals surface area contributed by atoms with E-state index in [1.807, 2.05) is 125 Å². The van der Waals surface area contributed by atoms with Crippen LogP contribution in [0.2, 0.25) is 128 Å². The Hall–Kier alpha value is -6.41. The zero-order valence-corrected chi connectivity index (χ0v) is 92.0. The highest BCUT2D eigenvalue weighted by Crippen LogP contribution is 2.37. The van der Waals surface area contributed by atoms with Crippen LogP contribution in [-0.2, 0) is 50.6 Å². The zero-order chi connectivity index (χ0) is 98.4. The number of hydrogen-bond donors (Lipinski definition) is 0. The van der Waals surface area contributed by atoms with E-state index in [2.05, 4.69) is 206 Å². The van der Waals surface area contributed by atoms with Crippen molar-refractivity contribution < 1.29 is 63.2 Å². The number of alkyl halides is 10. The van der Waals surface area contributed by atoms with Gasteiger partial charge in [0.1, 0.15) is 44.4 Å². The quantitative estimate of drug-likeness (QED) is 0.0114. The van der Waals surface area contributed by atoms with Crippen molar-refractivity contribution in [2.45, 2.75) is 222 Å². The van der Waals surface area contributed by atoms with Crippen molar-refractivity contribution in [3.05, 3.63) is 214 Å². The molecule has 0 unspecified atom stereocenters. The molecule has 0 atom stereocenters. The van der Waals surface area contributed by atoms with E-state index in [9.17, 15) is 39.5 Å². The Bertz CT molecular complexity index is 5050. The minimum absolute atomic E-state index is 0.0819. The Morgan fingerprint density at radius 2 is 0.716 bits per heavy atom. The molecule has 12 rings (SSSR count). The number of halogens is 13. The van der Waals surface area contributed by atoms with Gasteiger partial charge in [-0.3, -0.25) is 39.9 Å². The summed E-state index contributed by atoms with van der Waals surface area (Å²) in [6.45, 7) is 41.6. The first kappa shape index (κ1) is 116. The number of allylic oxidation sites excluding steroid dienone is 2. The molecule has 734 valence electrons. The molecule has 0 saturated heterocycles.